The van der Waals surface area contributed by atoms with Crippen LogP contribution >= 0.6 is 15.9 Å². The summed E-state index contributed by atoms with van der Waals surface area (Å²) in [7, 11) is 1.83. The summed E-state index contributed by atoms with van der Waals surface area (Å²) in [6, 6.07) is 7.60. The van der Waals surface area contributed by atoms with Crippen LogP contribution in [0.1, 0.15) is 25.5 Å². The summed E-state index contributed by atoms with van der Waals surface area (Å²) in [6.07, 6.45) is 0. The molecule has 0 aliphatic carbocycles. The van der Waals surface area contributed by atoms with Crippen LogP contribution in [0.4, 0.5) is 5.69 Å². The van der Waals surface area contributed by atoms with Crippen molar-refractivity contribution >= 4 is 21.6 Å². The molecule has 0 aliphatic heterocycles. The average molecular weight is 310 g/mol. The van der Waals surface area contributed by atoms with Crippen LogP contribution in [-0.2, 0) is 7.05 Å². The molecule has 1 aromatic heterocycles. The smallest absolute Gasteiger partial charge is 0.241 e. The van der Waals surface area contributed by atoms with Gasteiger partial charge < -0.3 is 10.5 Å². The molecule has 4 nitrogen and oxygen atoms in total. The summed E-state index contributed by atoms with van der Waals surface area (Å²) >= 11 is 3.39. The predicted molar refractivity (Wildman–Crippen MR) is 75.9 cm³/mol. The van der Waals surface area contributed by atoms with E-state index in [1.807, 2.05) is 31.3 Å². The summed E-state index contributed by atoms with van der Waals surface area (Å²) in [5.74, 6) is 1.60. The van der Waals surface area contributed by atoms with E-state index in [0.717, 1.165) is 15.9 Å². The number of aromatic nitrogens is 2. The number of nitrogens with zero attached hydrogens (tertiary/aromatic N) is 2. The minimum Gasteiger partial charge on any atom is -0.437 e. The van der Waals surface area contributed by atoms with Gasteiger partial charge in [0.2, 0.25) is 5.88 Å². The molecule has 0 saturated heterocycles. The topological polar surface area (TPSA) is 53.1 Å². The highest BCUT2D eigenvalue weighted by Crippen LogP contribution is 2.33. The first-order valence-corrected chi connectivity index (χ1v) is 6.54. The maximum absolute atomic E-state index is 6.07. The van der Waals surface area contributed by atoms with Gasteiger partial charge in [-0.3, -0.25) is 0 Å². The quantitative estimate of drug-likeness (QED) is 0.941. The van der Waals surface area contributed by atoms with E-state index in [0.29, 0.717) is 11.6 Å². The maximum Gasteiger partial charge on any atom is 0.241 e. The molecular weight excluding hydrogens is 294 g/mol. The van der Waals surface area contributed by atoms with E-state index in [1.54, 1.807) is 4.68 Å². The third-order valence-corrected chi connectivity index (χ3v) is 3.16. The van der Waals surface area contributed by atoms with Crippen LogP contribution in [-0.4, -0.2) is 9.78 Å². The molecule has 0 amide bonds. The van der Waals surface area contributed by atoms with Gasteiger partial charge in [-0.15, -0.1) is 0 Å². The van der Waals surface area contributed by atoms with E-state index < -0.39 is 0 Å². The lowest BCUT2D eigenvalue weighted by atomic mass is 10.1. The van der Waals surface area contributed by atoms with Crippen molar-refractivity contribution in [2.45, 2.75) is 19.8 Å². The SMILES string of the molecule is CC(C)c1nn(C)c(Oc2ccc(Br)cc2)c1N. The molecule has 2 aromatic rings. The maximum atomic E-state index is 6.07. The molecule has 2 rings (SSSR count). The van der Waals surface area contributed by atoms with Crippen molar-refractivity contribution in [3.63, 3.8) is 0 Å². The Morgan fingerprint density at radius 3 is 2.39 bits per heavy atom. The molecule has 0 atom stereocenters. The fraction of sp³-hybridized carbons (Fsp3) is 0.308. The zero-order valence-corrected chi connectivity index (χ0v) is 12.2. The molecule has 0 bridgehead atoms. The van der Waals surface area contributed by atoms with Crippen LogP contribution < -0.4 is 10.5 Å². The van der Waals surface area contributed by atoms with Crippen molar-refractivity contribution < 1.29 is 4.74 Å². The zero-order valence-electron chi connectivity index (χ0n) is 10.6. The molecule has 0 spiro atoms. The second kappa shape index (κ2) is 5.02. The van der Waals surface area contributed by atoms with Gasteiger partial charge in [0.25, 0.3) is 0 Å². The summed E-state index contributed by atoms with van der Waals surface area (Å²) in [5.41, 5.74) is 7.54. The number of ether oxygens (including phenoxy) is 1. The van der Waals surface area contributed by atoms with Gasteiger partial charge in [0.05, 0.1) is 5.69 Å². The van der Waals surface area contributed by atoms with Gasteiger partial charge in [-0.2, -0.15) is 5.10 Å². The van der Waals surface area contributed by atoms with Crippen LogP contribution in [0.25, 0.3) is 0 Å². The number of anilines is 1. The summed E-state index contributed by atoms with van der Waals surface area (Å²) in [4.78, 5) is 0. The molecule has 0 aliphatic rings. The van der Waals surface area contributed by atoms with Crippen molar-refractivity contribution in [2.24, 2.45) is 7.05 Å². The number of hydrogen-bond donors (Lipinski definition) is 1. The first kappa shape index (κ1) is 13.0. The molecule has 0 radical (unpaired) electrons. The Morgan fingerprint density at radius 1 is 1.28 bits per heavy atom. The predicted octanol–water partition coefficient (Wildman–Crippen LogP) is 3.68. The fourth-order valence-corrected chi connectivity index (χ4v) is 1.97. The molecule has 0 unspecified atom stereocenters. The molecule has 2 N–H and O–H groups in total. The Kier molecular flexibility index (Phi) is 3.61. The normalized spacial score (nSPS) is 10.9. The molecular formula is C13H16BrN3O. The molecule has 1 heterocycles. The lowest BCUT2D eigenvalue weighted by Crippen LogP contribution is -1.96. The van der Waals surface area contributed by atoms with Gasteiger partial charge in [0.1, 0.15) is 11.4 Å². The first-order valence-electron chi connectivity index (χ1n) is 5.75. The number of hydrogen-bond acceptors (Lipinski definition) is 3. The Bertz CT molecular complexity index is 546. The number of rotatable bonds is 3. The largest absolute Gasteiger partial charge is 0.437 e. The molecule has 5 heteroatoms. The van der Waals surface area contributed by atoms with Gasteiger partial charge in [0.15, 0.2) is 0 Å². The average Bonchev–Trinajstić information content (AvgIpc) is 2.60. The highest BCUT2D eigenvalue weighted by Gasteiger charge is 2.17. The van der Waals surface area contributed by atoms with Crippen molar-refractivity contribution in [3.8, 4) is 11.6 Å². The second-order valence-electron chi connectivity index (χ2n) is 4.44. The standard InChI is InChI=1S/C13H16BrN3O/c1-8(2)12-11(15)13(17(3)16-12)18-10-6-4-9(14)5-7-10/h4-8H,15H2,1-3H3. The minimum absolute atomic E-state index is 0.276. The van der Waals surface area contributed by atoms with Crippen molar-refractivity contribution in [1.82, 2.24) is 9.78 Å². The Labute approximate surface area is 115 Å². The number of nitrogens with two attached hydrogens (primary N) is 1. The van der Waals surface area contributed by atoms with Crippen molar-refractivity contribution in [1.29, 1.82) is 0 Å². The molecule has 96 valence electrons. The van der Waals surface area contributed by atoms with Gasteiger partial charge in [-0.25, -0.2) is 4.68 Å². The van der Waals surface area contributed by atoms with Crippen LogP contribution in [0, 0.1) is 0 Å². The van der Waals surface area contributed by atoms with Gasteiger partial charge >= 0.3 is 0 Å². The van der Waals surface area contributed by atoms with Crippen molar-refractivity contribution in [2.75, 3.05) is 5.73 Å². The zero-order chi connectivity index (χ0) is 13.3. The number of nitrogen functional groups attached to an aromatic ring is 1. The summed E-state index contributed by atoms with van der Waals surface area (Å²) < 4.78 is 8.46. The van der Waals surface area contributed by atoms with E-state index in [1.165, 1.54) is 0 Å². The van der Waals surface area contributed by atoms with E-state index in [9.17, 15) is 0 Å². The fourth-order valence-electron chi connectivity index (χ4n) is 1.71. The highest BCUT2D eigenvalue weighted by atomic mass is 79.9. The van der Waals surface area contributed by atoms with E-state index in [-0.39, 0.29) is 5.92 Å². The third-order valence-electron chi connectivity index (χ3n) is 2.63. The Hall–Kier alpha value is -1.49. The number of halogens is 1. The first-order chi connectivity index (χ1) is 8.49. The van der Waals surface area contributed by atoms with Crippen LogP contribution in [0.3, 0.4) is 0 Å². The molecule has 18 heavy (non-hydrogen) atoms. The molecule has 0 saturated carbocycles. The Balaban J connectivity index is 2.32. The van der Waals surface area contributed by atoms with Crippen molar-refractivity contribution in [3.05, 3.63) is 34.4 Å². The van der Waals surface area contributed by atoms with Crippen LogP contribution in [0.2, 0.25) is 0 Å². The van der Waals surface area contributed by atoms with Crippen LogP contribution in [0.5, 0.6) is 11.6 Å². The monoisotopic (exact) mass is 309 g/mol. The van der Waals surface area contributed by atoms with Crippen LogP contribution in [0.15, 0.2) is 28.7 Å². The Morgan fingerprint density at radius 2 is 1.89 bits per heavy atom. The number of benzene rings is 1. The van der Waals surface area contributed by atoms with Gasteiger partial charge in [-0.1, -0.05) is 29.8 Å². The highest BCUT2D eigenvalue weighted by molar-refractivity contribution is 9.10. The minimum atomic E-state index is 0.276. The summed E-state index contributed by atoms with van der Waals surface area (Å²) in [6.45, 7) is 4.12. The lowest BCUT2D eigenvalue weighted by Gasteiger charge is -2.06. The summed E-state index contributed by atoms with van der Waals surface area (Å²) in [5, 5.41) is 4.38. The van der Waals surface area contributed by atoms with E-state index in [2.05, 4.69) is 34.9 Å². The molecule has 0 fully saturated rings. The van der Waals surface area contributed by atoms with Gasteiger partial charge in [-0.05, 0) is 30.2 Å². The molecule has 1 aromatic carbocycles. The second-order valence-corrected chi connectivity index (χ2v) is 5.35. The number of aryl methyl sites for hydroxylation is 1. The van der Waals surface area contributed by atoms with Gasteiger partial charge in [0, 0.05) is 11.5 Å². The van der Waals surface area contributed by atoms with E-state index >= 15 is 0 Å². The third kappa shape index (κ3) is 2.51. The lowest BCUT2D eigenvalue weighted by molar-refractivity contribution is 0.432. The van der Waals surface area contributed by atoms with E-state index in [4.69, 9.17) is 10.5 Å².